The molecule has 1 N–H and O–H groups in total. The van der Waals surface area contributed by atoms with E-state index >= 15 is 0 Å². The van der Waals surface area contributed by atoms with Gasteiger partial charge in [0, 0.05) is 0 Å². The molecule has 0 spiro atoms. The molecule has 13 heavy (non-hydrogen) atoms. The maximum Gasteiger partial charge on any atom is 0.387 e. The average molecular weight is 192 g/mol. The molecular weight excluding hydrogens is 185 g/mol. The van der Waals surface area contributed by atoms with Gasteiger partial charge in [0.1, 0.15) is 11.6 Å². The first-order chi connectivity index (χ1) is 6.15. The van der Waals surface area contributed by atoms with Crippen molar-refractivity contribution in [1.82, 2.24) is 0 Å². The Bertz CT molecular complexity index is 289. The van der Waals surface area contributed by atoms with Crippen LogP contribution in [0.3, 0.4) is 0 Å². The van der Waals surface area contributed by atoms with Gasteiger partial charge in [0.05, 0.1) is 12.2 Å². The smallest absolute Gasteiger partial charge is 0.387 e. The number of rotatable bonds is 3. The molecule has 0 heterocycles. The predicted molar refractivity (Wildman–Crippen MR) is 39.0 cm³/mol. The van der Waals surface area contributed by atoms with E-state index in [0.29, 0.717) is 0 Å². The highest BCUT2D eigenvalue weighted by molar-refractivity contribution is 5.33. The number of alkyl halides is 2. The molecule has 72 valence electrons. The minimum absolute atomic E-state index is 0.261. The summed E-state index contributed by atoms with van der Waals surface area (Å²) >= 11 is 0. The van der Waals surface area contributed by atoms with Gasteiger partial charge in [-0.25, -0.2) is 4.39 Å². The number of halogens is 3. The summed E-state index contributed by atoms with van der Waals surface area (Å²) in [6, 6.07) is 3.46. The van der Waals surface area contributed by atoms with Crippen LogP contribution in [0, 0.1) is 5.82 Å². The third-order valence-corrected chi connectivity index (χ3v) is 1.45. The number of ether oxygens (including phenoxy) is 1. The average Bonchev–Trinajstić information content (AvgIpc) is 2.03. The second kappa shape index (κ2) is 4.13. The molecule has 0 fully saturated rings. The van der Waals surface area contributed by atoms with Crippen LogP contribution in [0.2, 0.25) is 0 Å². The summed E-state index contributed by atoms with van der Waals surface area (Å²) in [6.45, 7) is -3.69. The Morgan fingerprint density at radius 3 is 2.62 bits per heavy atom. The molecule has 0 aromatic heterocycles. The van der Waals surface area contributed by atoms with E-state index in [2.05, 4.69) is 4.74 Å². The molecule has 0 amide bonds. The number of hydrogen-bond acceptors (Lipinski definition) is 2. The second-order valence-electron chi connectivity index (χ2n) is 2.25. The van der Waals surface area contributed by atoms with Crippen LogP contribution < -0.4 is 4.74 Å². The largest absolute Gasteiger partial charge is 0.434 e. The molecule has 0 aliphatic heterocycles. The van der Waals surface area contributed by atoms with E-state index in [1.54, 1.807) is 0 Å². The van der Waals surface area contributed by atoms with Crippen molar-refractivity contribution in [1.29, 1.82) is 0 Å². The van der Waals surface area contributed by atoms with Crippen LogP contribution in [-0.2, 0) is 6.61 Å². The standard InChI is InChI=1S/C8H7F3O2/c9-6-2-1-3-7(5(6)4-12)13-8(10)11/h1-3,8,12H,4H2. The van der Waals surface area contributed by atoms with E-state index in [1.165, 1.54) is 12.1 Å². The lowest BCUT2D eigenvalue weighted by atomic mass is 10.2. The number of aliphatic hydroxyl groups is 1. The molecule has 0 saturated carbocycles. The van der Waals surface area contributed by atoms with Crippen molar-refractivity contribution < 1.29 is 23.0 Å². The molecule has 0 saturated heterocycles. The van der Waals surface area contributed by atoms with Gasteiger partial charge in [-0.15, -0.1) is 0 Å². The predicted octanol–water partition coefficient (Wildman–Crippen LogP) is 1.92. The van der Waals surface area contributed by atoms with E-state index in [9.17, 15) is 13.2 Å². The van der Waals surface area contributed by atoms with Crippen LogP contribution in [0.25, 0.3) is 0 Å². The van der Waals surface area contributed by atoms with E-state index in [4.69, 9.17) is 5.11 Å². The molecule has 5 heteroatoms. The lowest BCUT2D eigenvalue weighted by molar-refractivity contribution is -0.0511. The van der Waals surface area contributed by atoms with Gasteiger partial charge in [0.2, 0.25) is 0 Å². The van der Waals surface area contributed by atoms with Gasteiger partial charge in [-0.05, 0) is 12.1 Å². The number of hydrogen-bond donors (Lipinski definition) is 1. The van der Waals surface area contributed by atoms with E-state index in [1.807, 2.05) is 0 Å². The van der Waals surface area contributed by atoms with Gasteiger partial charge in [0.15, 0.2) is 0 Å². The highest BCUT2D eigenvalue weighted by atomic mass is 19.3. The van der Waals surface area contributed by atoms with Crippen molar-refractivity contribution in [3.05, 3.63) is 29.6 Å². The molecular formula is C8H7F3O2. The van der Waals surface area contributed by atoms with Crippen LogP contribution in [0.1, 0.15) is 5.56 Å². The Kier molecular flexibility index (Phi) is 3.13. The molecule has 0 aliphatic rings. The maximum absolute atomic E-state index is 12.8. The van der Waals surface area contributed by atoms with Crippen molar-refractivity contribution in [3.8, 4) is 5.75 Å². The topological polar surface area (TPSA) is 29.5 Å². The van der Waals surface area contributed by atoms with E-state index in [0.717, 1.165) is 6.07 Å². The van der Waals surface area contributed by atoms with Crippen molar-refractivity contribution in [3.63, 3.8) is 0 Å². The SMILES string of the molecule is OCc1c(F)cccc1OC(F)F. The Hall–Kier alpha value is -1.23. The Morgan fingerprint density at radius 1 is 1.38 bits per heavy atom. The fraction of sp³-hybridized carbons (Fsp3) is 0.250. The zero-order valence-corrected chi connectivity index (χ0v) is 6.51. The van der Waals surface area contributed by atoms with E-state index in [-0.39, 0.29) is 11.3 Å². The summed E-state index contributed by atoms with van der Waals surface area (Å²) in [4.78, 5) is 0. The maximum atomic E-state index is 12.8. The quantitative estimate of drug-likeness (QED) is 0.792. The van der Waals surface area contributed by atoms with Gasteiger partial charge < -0.3 is 9.84 Å². The van der Waals surface area contributed by atoms with Crippen molar-refractivity contribution in [2.45, 2.75) is 13.2 Å². The number of benzene rings is 1. The minimum atomic E-state index is -3.02. The van der Waals surface area contributed by atoms with Crippen molar-refractivity contribution in [2.24, 2.45) is 0 Å². The Labute approximate surface area is 72.6 Å². The van der Waals surface area contributed by atoms with Gasteiger partial charge in [-0.3, -0.25) is 0 Å². The zero-order chi connectivity index (χ0) is 9.84. The van der Waals surface area contributed by atoms with Crippen LogP contribution >= 0.6 is 0 Å². The minimum Gasteiger partial charge on any atom is -0.434 e. The molecule has 0 radical (unpaired) electrons. The molecule has 2 nitrogen and oxygen atoms in total. The first-order valence-corrected chi connectivity index (χ1v) is 3.48. The van der Waals surface area contributed by atoms with Gasteiger partial charge in [-0.2, -0.15) is 8.78 Å². The normalized spacial score (nSPS) is 10.5. The van der Waals surface area contributed by atoms with E-state index < -0.39 is 19.0 Å². The fourth-order valence-electron chi connectivity index (χ4n) is 0.899. The third-order valence-electron chi connectivity index (χ3n) is 1.45. The zero-order valence-electron chi connectivity index (χ0n) is 6.51. The van der Waals surface area contributed by atoms with Gasteiger partial charge in [-0.1, -0.05) is 6.07 Å². The summed E-state index contributed by atoms with van der Waals surface area (Å²) in [5, 5.41) is 8.65. The van der Waals surface area contributed by atoms with Crippen molar-refractivity contribution in [2.75, 3.05) is 0 Å². The highest BCUT2D eigenvalue weighted by Gasteiger charge is 2.12. The van der Waals surface area contributed by atoms with Crippen LogP contribution in [0.4, 0.5) is 13.2 Å². The monoisotopic (exact) mass is 192 g/mol. The molecule has 0 bridgehead atoms. The van der Waals surface area contributed by atoms with Crippen LogP contribution in [0.15, 0.2) is 18.2 Å². The van der Waals surface area contributed by atoms with Crippen molar-refractivity contribution >= 4 is 0 Å². The second-order valence-corrected chi connectivity index (χ2v) is 2.25. The first kappa shape index (κ1) is 9.85. The highest BCUT2D eigenvalue weighted by Crippen LogP contribution is 2.22. The molecule has 0 atom stereocenters. The third kappa shape index (κ3) is 2.35. The summed E-state index contributed by atoms with van der Waals surface area (Å²) in [5.74, 6) is -1.10. The molecule has 0 unspecified atom stereocenters. The van der Waals surface area contributed by atoms with Crippen LogP contribution in [0.5, 0.6) is 5.75 Å². The molecule has 1 aromatic rings. The van der Waals surface area contributed by atoms with Gasteiger partial charge >= 0.3 is 6.61 Å². The Balaban J connectivity index is 2.98. The fourth-order valence-corrected chi connectivity index (χ4v) is 0.899. The lowest BCUT2D eigenvalue weighted by Crippen LogP contribution is -2.05. The van der Waals surface area contributed by atoms with Crippen LogP contribution in [-0.4, -0.2) is 11.7 Å². The molecule has 0 aliphatic carbocycles. The molecule has 1 rings (SSSR count). The summed E-state index contributed by atoms with van der Waals surface area (Å²) in [6.07, 6.45) is 0. The number of aliphatic hydroxyl groups excluding tert-OH is 1. The molecule has 1 aromatic carbocycles. The van der Waals surface area contributed by atoms with Gasteiger partial charge in [0.25, 0.3) is 0 Å². The summed E-state index contributed by atoms with van der Waals surface area (Å²) in [5.41, 5.74) is -0.261. The lowest BCUT2D eigenvalue weighted by Gasteiger charge is -2.08. The first-order valence-electron chi connectivity index (χ1n) is 3.48. The summed E-state index contributed by atoms with van der Waals surface area (Å²) in [7, 11) is 0. The summed E-state index contributed by atoms with van der Waals surface area (Å²) < 4.78 is 40.3. The Morgan fingerprint density at radius 2 is 2.08 bits per heavy atom.